The summed E-state index contributed by atoms with van der Waals surface area (Å²) >= 11 is -0.894. The van der Waals surface area contributed by atoms with Crippen LogP contribution in [0.1, 0.15) is 17.5 Å². The van der Waals surface area contributed by atoms with Crippen LogP contribution in [0.15, 0.2) is 34.7 Å². The Kier molecular flexibility index (Phi) is 3.71. The molecule has 1 unspecified atom stereocenters. The van der Waals surface area contributed by atoms with Crippen molar-refractivity contribution < 1.29 is 13.6 Å². The van der Waals surface area contributed by atoms with Gasteiger partial charge in [0.15, 0.2) is 0 Å². The molecule has 3 rings (SSSR count). The normalized spacial score (nSPS) is 17.3. The van der Waals surface area contributed by atoms with Crippen LogP contribution in [0.4, 0.5) is 5.69 Å². The first kappa shape index (κ1) is 14.1. The van der Waals surface area contributed by atoms with Crippen LogP contribution < -0.4 is 4.90 Å². The second-order valence-electron chi connectivity index (χ2n) is 4.39. The molecule has 1 aliphatic rings. The predicted molar refractivity (Wildman–Crippen MR) is 81.6 cm³/mol. The van der Waals surface area contributed by atoms with Gasteiger partial charge in [-0.25, -0.2) is 4.98 Å². The maximum absolute atomic E-state index is 12.5. The van der Waals surface area contributed by atoms with Gasteiger partial charge in [0.05, 0.1) is 11.3 Å². The maximum atomic E-state index is 12.5. The molecule has 0 fully saturated rings. The molecule has 0 saturated carbocycles. The number of carbonyl (C=O) groups is 1. The number of likely N-dealkylation sites (N-methyl/N-ethyl adjacent to an activating group) is 1. The summed E-state index contributed by atoms with van der Waals surface area (Å²) in [5.41, 5.74) is 1.85. The van der Waals surface area contributed by atoms with Crippen LogP contribution >= 0.6 is 11.3 Å². The number of carbonyl (C=O) groups excluding carboxylic acids is 1. The minimum absolute atomic E-state index is 0.128. The van der Waals surface area contributed by atoms with Crippen molar-refractivity contribution in [2.45, 2.75) is 11.8 Å². The lowest BCUT2D eigenvalue weighted by atomic mass is 10.1. The monoisotopic (exact) mass is 319 g/mol. The summed E-state index contributed by atoms with van der Waals surface area (Å²) in [6.07, 6.45) is 3.37. The van der Waals surface area contributed by atoms with E-state index in [0.29, 0.717) is 17.7 Å². The maximum Gasteiger partial charge on any atom is 0.259 e. The number of fused-ring (bicyclic) bond motifs is 1. The third-order valence-corrected chi connectivity index (χ3v) is 4.61. The van der Waals surface area contributed by atoms with Crippen LogP contribution in [0.3, 0.4) is 0 Å². The van der Waals surface area contributed by atoms with Gasteiger partial charge in [0.1, 0.15) is 5.01 Å². The number of hydrogen-bond acceptors (Lipinski definition) is 5. The van der Waals surface area contributed by atoms with Crippen molar-refractivity contribution in [1.82, 2.24) is 4.98 Å². The number of aromatic nitrogens is 1. The molecule has 1 atom stereocenters. The minimum atomic E-state index is -2.32. The Bertz CT molecular complexity index is 754. The van der Waals surface area contributed by atoms with E-state index in [2.05, 4.69) is 4.98 Å². The van der Waals surface area contributed by atoms with Crippen molar-refractivity contribution >= 4 is 45.7 Å². The summed E-state index contributed by atoms with van der Waals surface area (Å²) in [4.78, 5) is 18.4. The van der Waals surface area contributed by atoms with Crippen molar-refractivity contribution in [2.75, 3.05) is 11.4 Å². The summed E-state index contributed by atoms with van der Waals surface area (Å²) in [6, 6.07) is 4.71. The average Bonchev–Trinajstić information content (AvgIpc) is 3.06. The van der Waals surface area contributed by atoms with E-state index >= 15 is 0 Å². The van der Waals surface area contributed by atoms with E-state index < -0.39 is 11.1 Å². The largest absolute Gasteiger partial charge is 0.768 e. The minimum Gasteiger partial charge on any atom is -0.768 e. The number of hydrogen-bond donors (Lipinski definition) is 0. The molecular formula is C14H11N2O3S2-. The smallest absolute Gasteiger partial charge is 0.259 e. The van der Waals surface area contributed by atoms with E-state index in [1.807, 2.05) is 12.3 Å². The van der Waals surface area contributed by atoms with Crippen LogP contribution in [0, 0.1) is 0 Å². The molecular weight excluding hydrogens is 308 g/mol. The summed E-state index contributed by atoms with van der Waals surface area (Å²) in [5, 5.41) is 2.55. The van der Waals surface area contributed by atoms with E-state index in [0.717, 1.165) is 10.7 Å². The quantitative estimate of drug-likeness (QED) is 0.642. The first-order chi connectivity index (χ1) is 10.1. The van der Waals surface area contributed by atoms with Crippen molar-refractivity contribution in [2.24, 2.45) is 0 Å². The third kappa shape index (κ3) is 2.44. The highest BCUT2D eigenvalue weighted by atomic mass is 32.2. The van der Waals surface area contributed by atoms with Crippen LogP contribution in [0.2, 0.25) is 0 Å². The Morgan fingerprint density at radius 2 is 2.29 bits per heavy atom. The van der Waals surface area contributed by atoms with Gasteiger partial charge >= 0.3 is 0 Å². The number of amides is 1. The molecule has 0 spiro atoms. The van der Waals surface area contributed by atoms with E-state index in [1.54, 1.807) is 23.2 Å². The number of thiazole rings is 1. The SMILES string of the molecule is CCN1C(=O)/C(=C/c2nccs2)c2cc(S(=O)[O-])ccc21. The summed E-state index contributed by atoms with van der Waals surface area (Å²) in [7, 11) is 0. The third-order valence-electron chi connectivity index (χ3n) is 3.25. The topological polar surface area (TPSA) is 73.3 Å². The number of rotatable bonds is 3. The fraction of sp³-hybridized carbons (Fsp3) is 0.143. The molecule has 1 aromatic heterocycles. The van der Waals surface area contributed by atoms with Crippen LogP contribution in [-0.4, -0.2) is 26.2 Å². The van der Waals surface area contributed by atoms with Crippen molar-refractivity contribution in [3.63, 3.8) is 0 Å². The Morgan fingerprint density at radius 1 is 1.48 bits per heavy atom. The van der Waals surface area contributed by atoms with Crippen molar-refractivity contribution in [3.05, 3.63) is 40.3 Å². The highest BCUT2D eigenvalue weighted by Gasteiger charge is 2.31. The molecule has 0 aliphatic carbocycles. The van der Waals surface area contributed by atoms with E-state index in [1.165, 1.54) is 23.5 Å². The van der Waals surface area contributed by atoms with E-state index in [4.69, 9.17) is 0 Å². The van der Waals surface area contributed by atoms with Gasteiger partial charge in [-0.15, -0.1) is 11.3 Å². The van der Waals surface area contributed by atoms with Gasteiger partial charge in [0.25, 0.3) is 5.91 Å². The number of benzene rings is 1. The van der Waals surface area contributed by atoms with Gasteiger partial charge in [0, 0.05) is 28.6 Å². The van der Waals surface area contributed by atoms with Crippen molar-refractivity contribution in [3.8, 4) is 0 Å². The highest BCUT2D eigenvalue weighted by Crippen LogP contribution is 2.38. The van der Waals surface area contributed by atoms with Crippen molar-refractivity contribution in [1.29, 1.82) is 0 Å². The molecule has 0 radical (unpaired) electrons. The lowest BCUT2D eigenvalue weighted by molar-refractivity contribution is -0.112. The number of anilines is 1. The molecule has 1 aliphatic heterocycles. The fourth-order valence-corrected chi connectivity index (χ4v) is 3.28. The summed E-state index contributed by atoms with van der Waals surface area (Å²) in [6.45, 7) is 2.41. The van der Waals surface area contributed by atoms with Crippen LogP contribution in [0.5, 0.6) is 0 Å². The Labute approximate surface area is 128 Å². The Morgan fingerprint density at radius 3 is 2.90 bits per heavy atom. The molecule has 2 heterocycles. The second kappa shape index (κ2) is 5.51. The molecule has 21 heavy (non-hydrogen) atoms. The molecule has 108 valence electrons. The first-order valence-electron chi connectivity index (χ1n) is 6.28. The van der Waals surface area contributed by atoms with Gasteiger partial charge in [-0.3, -0.25) is 9.00 Å². The lowest BCUT2D eigenvalue weighted by Crippen LogP contribution is -2.25. The molecule has 1 amide bonds. The van der Waals surface area contributed by atoms with Crippen LogP contribution in [0.25, 0.3) is 11.6 Å². The summed E-state index contributed by atoms with van der Waals surface area (Å²) in [5.74, 6) is -0.128. The molecule has 7 heteroatoms. The van der Waals surface area contributed by atoms with Gasteiger partial charge in [0.2, 0.25) is 0 Å². The molecule has 0 N–H and O–H groups in total. The molecule has 1 aromatic carbocycles. The molecule has 0 saturated heterocycles. The number of nitrogens with zero attached hydrogens (tertiary/aromatic N) is 2. The average molecular weight is 319 g/mol. The highest BCUT2D eigenvalue weighted by molar-refractivity contribution is 7.79. The second-order valence-corrected chi connectivity index (χ2v) is 6.26. The first-order valence-corrected chi connectivity index (χ1v) is 8.24. The fourth-order valence-electron chi connectivity index (χ4n) is 2.32. The zero-order chi connectivity index (χ0) is 15.0. The Hall–Kier alpha value is -1.83. The molecule has 5 nitrogen and oxygen atoms in total. The Balaban J connectivity index is 2.17. The van der Waals surface area contributed by atoms with E-state index in [-0.39, 0.29) is 10.8 Å². The van der Waals surface area contributed by atoms with Gasteiger partial charge < -0.3 is 9.45 Å². The van der Waals surface area contributed by atoms with Gasteiger partial charge in [-0.2, -0.15) is 0 Å². The zero-order valence-electron chi connectivity index (χ0n) is 11.1. The molecule has 0 bridgehead atoms. The van der Waals surface area contributed by atoms with Gasteiger partial charge in [-0.05, 0) is 42.3 Å². The zero-order valence-corrected chi connectivity index (χ0v) is 12.7. The summed E-state index contributed by atoms with van der Waals surface area (Å²) < 4.78 is 22.3. The molecule has 2 aromatic rings. The lowest BCUT2D eigenvalue weighted by Gasteiger charge is -2.14. The standard InChI is InChI=1S/C14H12N2O3S2/c1-2-16-12-4-3-9(21(18)19)7-10(12)11(14(16)17)8-13-15-5-6-20-13/h3-8H,2H2,1H3,(H,18,19)/p-1/b11-8+. The van der Waals surface area contributed by atoms with E-state index in [9.17, 15) is 13.6 Å². The predicted octanol–water partition coefficient (Wildman–Crippen LogP) is 2.29. The van der Waals surface area contributed by atoms with Crippen LogP contribution in [-0.2, 0) is 15.9 Å². The van der Waals surface area contributed by atoms with Gasteiger partial charge in [-0.1, -0.05) is 0 Å².